The van der Waals surface area contributed by atoms with Gasteiger partial charge in [-0.1, -0.05) is 46.1 Å². The zero-order chi connectivity index (χ0) is 20.7. The van der Waals surface area contributed by atoms with E-state index in [9.17, 15) is 14.4 Å². The van der Waals surface area contributed by atoms with Gasteiger partial charge < -0.3 is 5.32 Å². The highest BCUT2D eigenvalue weighted by Gasteiger charge is 2.55. The highest BCUT2D eigenvalue weighted by molar-refractivity contribution is 6.38. The monoisotopic (exact) mass is 431 g/mol. The maximum absolute atomic E-state index is 12.9. The van der Waals surface area contributed by atoms with Crippen molar-refractivity contribution in [2.75, 3.05) is 16.8 Å². The molecule has 0 spiro atoms. The van der Waals surface area contributed by atoms with Crippen LogP contribution in [-0.2, 0) is 14.4 Å². The SMILES string of the molecule is Cc1ccc(NC(=O)CN2N=N[C@@H]3C(=O)N(c4ccc(Cl)cc4Cl)C(=O)[C@H]32)cc1. The van der Waals surface area contributed by atoms with Gasteiger partial charge in [-0.3, -0.25) is 19.4 Å². The Morgan fingerprint density at radius 3 is 2.52 bits per heavy atom. The van der Waals surface area contributed by atoms with E-state index in [1.807, 2.05) is 19.1 Å². The van der Waals surface area contributed by atoms with Crippen molar-refractivity contribution >= 4 is 52.3 Å². The molecule has 2 aliphatic rings. The number of amides is 3. The summed E-state index contributed by atoms with van der Waals surface area (Å²) in [4.78, 5) is 39.0. The lowest BCUT2D eigenvalue weighted by Gasteiger charge is -2.20. The second kappa shape index (κ2) is 7.46. The van der Waals surface area contributed by atoms with Crippen LogP contribution < -0.4 is 10.2 Å². The Morgan fingerprint density at radius 2 is 1.83 bits per heavy atom. The van der Waals surface area contributed by atoms with Gasteiger partial charge in [0.2, 0.25) is 5.91 Å². The number of carbonyl (C=O) groups is 3. The highest BCUT2D eigenvalue weighted by atomic mass is 35.5. The molecule has 0 bridgehead atoms. The third kappa shape index (κ3) is 3.56. The first kappa shape index (κ1) is 19.4. The maximum atomic E-state index is 12.9. The molecule has 148 valence electrons. The molecular formula is C19H15Cl2N5O3. The molecule has 2 aliphatic heterocycles. The topological polar surface area (TPSA) is 94.4 Å². The minimum absolute atomic E-state index is 0.166. The van der Waals surface area contributed by atoms with Crippen LogP contribution in [0, 0.1) is 6.92 Å². The molecule has 0 radical (unpaired) electrons. The minimum atomic E-state index is -1.01. The van der Waals surface area contributed by atoms with E-state index in [-0.39, 0.29) is 23.2 Å². The standard InChI is InChI=1S/C19H15Cl2N5O3/c1-10-2-5-12(6-3-10)22-15(27)9-25-17-16(23-24-25)18(28)26(19(17)29)14-7-4-11(20)8-13(14)21/h2-8,16-17H,9H2,1H3,(H,22,27)/t16-,17-/m0/s1. The summed E-state index contributed by atoms with van der Waals surface area (Å²) in [5, 5.41) is 12.3. The Kier molecular flexibility index (Phi) is 4.97. The second-order valence-corrected chi connectivity index (χ2v) is 7.56. The van der Waals surface area contributed by atoms with Gasteiger partial charge in [0.1, 0.15) is 6.54 Å². The van der Waals surface area contributed by atoms with Crippen molar-refractivity contribution in [3.8, 4) is 0 Å². The largest absolute Gasteiger partial charge is 0.324 e. The molecule has 8 nitrogen and oxygen atoms in total. The van der Waals surface area contributed by atoms with E-state index in [4.69, 9.17) is 23.2 Å². The predicted octanol–water partition coefficient (Wildman–Crippen LogP) is 3.23. The number of rotatable bonds is 4. The first-order valence-electron chi connectivity index (χ1n) is 8.72. The Balaban J connectivity index is 1.50. The molecular weight excluding hydrogens is 417 g/mol. The van der Waals surface area contributed by atoms with E-state index in [0.29, 0.717) is 10.7 Å². The van der Waals surface area contributed by atoms with Crippen LogP contribution in [0.3, 0.4) is 0 Å². The summed E-state index contributed by atoms with van der Waals surface area (Å²) >= 11 is 12.0. The highest BCUT2D eigenvalue weighted by Crippen LogP contribution is 2.36. The molecule has 2 aromatic rings. The second-order valence-electron chi connectivity index (χ2n) is 6.71. The summed E-state index contributed by atoms with van der Waals surface area (Å²) in [5.41, 5.74) is 1.91. The van der Waals surface area contributed by atoms with Gasteiger partial charge in [0, 0.05) is 10.7 Å². The molecule has 29 heavy (non-hydrogen) atoms. The number of halogens is 2. The molecule has 1 N–H and O–H groups in total. The number of aryl methyl sites for hydroxylation is 1. The van der Waals surface area contributed by atoms with E-state index in [1.165, 1.54) is 23.2 Å². The maximum Gasteiger partial charge on any atom is 0.263 e. The molecule has 0 saturated carbocycles. The van der Waals surface area contributed by atoms with Crippen LogP contribution in [0.25, 0.3) is 0 Å². The number of fused-ring (bicyclic) bond motifs is 1. The van der Waals surface area contributed by atoms with Crippen molar-refractivity contribution in [3.63, 3.8) is 0 Å². The minimum Gasteiger partial charge on any atom is -0.324 e. The lowest BCUT2D eigenvalue weighted by molar-refractivity contribution is -0.123. The summed E-state index contributed by atoms with van der Waals surface area (Å²) in [7, 11) is 0. The molecule has 0 aromatic heterocycles. The van der Waals surface area contributed by atoms with Gasteiger partial charge in [0.25, 0.3) is 11.8 Å². The molecule has 2 heterocycles. The first-order valence-corrected chi connectivity index (χ1v) is 9.47. The predicted molar refractivity (Wildman–Crippen MR) is 108 cm³/mol. The lowest BCUT2D eigenvalue weighted by atomic mass is 10.1. The molecule has 3 amide bonds. The summed E-state index contributed by atoms with van der Waals surface area (Å²) < 4.78 is 0. The molecule has 2 aromatic carbocycles. The van der Waals surface area contributed by atoms with Crippen molar-refractivity contribution in [2.24, 2.45) is 10.3 Å². The Labute approximate surface area is 176 Å². The molecule has 1 saturated heterocycles. The van der Waals surface area contributed by atoms with E-state index >= 15 is 0 Å². The lowest BCUT2D eigenvalue weighted by Crippen LogP contribution is -2.43. The van der Waals surface area contributed by atoms with Gasteiger partial charge in [-0.25, -0.2) is 4.90 Å². The average molecular weight is 432 g/mol. The Morgan fingerprint density at radius 1 is 1.10 bits per heavy atom. The zero-order valence-electron chi connectivity index (χ0n) is 15.2. The van der Waals surface area contributed by atoms with E-state index in [0.717, 1.165) is 10.5 Å². The van der Waals surface area contributed by atoms with Crippen LogP contribution in [0.5, 0.6) is 0 Å². The fourth-order valence-corrected chi connectivity index (χ4v) is 3.73. The van der Waals surface area contributed by atoms with Gasteiger partial charge in [-0.2, -0.15) is 5.11 Å². The molecule has 4 rings (SSSR count). The van der Waals surface area contributed by atoms with Gasteiger partial charge in [0.15, 0.2) is 12.1 Å². The van der Waals surface area contributed by atoms with E-state index in [1.54, 1.807) is 12.1 Å². The first-order chi connectivity index (χ1) is 13.8. The van der Waals surface area contributed by atoms with Crippen molar-refractivity contribution in [2.45, 2.75) is 19.0 Å². The van der Waals surface area contributed by atoms with Crippen molar-refractivity contribution in [1.29, 1.82) is 0 Å². The van der Waals surface area contributed by atoms with E-state index < -0.39 is 23.9 Å². The van der Waals surface area contributed by atoms with Crippen LogP contribution in [0.4, 0.5) is 11.4 Å². The Hall–Kier alpha value is -2.97. The van der Waals surface area contributed by atoms with Crippen LogP contribution in [0.2, 0.25) is 10.0 Å². The number of hydrogen-bond donors (Lipinski definition) is 1. The molecule has 1 fully saturated rings. The van der Waals surface area contributed by atoms with Gasteiger partial charge in [0.05, 0.1) is 10.7 Å². The third-order valence-corrected chi connectivity index (χ3v) is 5.19. The number of anilines is 2. The number of carbonyl (C=O) groups excluding carboxylic acids is 3. The van der Waals surface area contributed by atoms with E-state index in [2.05, 4.69) is 15.7 Å². The van der Waals surface area contributed by atoms with Crippen molar-refractivity contribution in [3.05, 3.63) is 58.1 Å². The molecule has 0 unspecified atom stereocenters. The fourth-order valence-electron chi connectivity index (χ4n) is 3.24. The van der Waals surface area contributed by atoms with Crippen molar-refractivity contribution in [1.82, 2.24) is 5.01 Å². The van der Waals surface area contributed by atoms with Crippen LogP contribution in [0.1, 0.15) is 5.56 Å². The number of imide groups is 1. The van der Waals surface area contributed by atoms with Gasteiger partial charge in [-0.05, 0) is 37.3 Å². The summed E-state index contributed by atoms with van der Waals surface area (Å²) in [5.74, 6) is -1.47. The normalized spacial score (nSPS) is 20.4. The Bertz CT molecular complexity index is 1040. The molecule has 10 heteroatoms. The number of benzene rings is 2. The van der Waals surface area contributed by atoms with Crippen LogP contribution in [0.15, 0.2) is 52.8 Å². The quantitative estimate of drug-likeness (QED) is 0.751. The molecule has 2 atom stereocenters. The summed E-state index contributed by atoms with van der Waals surface area (Å²) in [6, 6.07) is 9.76. The van der Waals surface area contributed by atoms with Crippen molar-refractivity contribution < 1.29 is 14.4 Å². The third-order valence-electron chi connectivity index (χ3n) is 4.65. The van der Waals surface area contributed by atoms with Crippen LogP contribution >= 0.6 is 23.2 Å². The smallest absolute Gasteiger partial charge is 0.263 e. The zero-order valence-corrected chi connectivity index (χ0v) is 16.7. The fraction of sp³-hybridized carbons (Fsp3) is 0.211. The summed E-state index contributed by atoms with van der Waals surface area (Å²) in [6.45, 7) is 1.72. The average Bonchev–Trinajstić information content (AvgIpc) is 3.18. The molecule has 0 aliphatic carbocycles. The van der Waals surface area contributed by atoms with Gasteiger partial charge >= 0.3 is 0 Å². The summed E-state index contributed by atoms with van der Waals surface area (Å²) in [6.07, 6.45) is 0. The number of nitrogens with one attached hydrogen (secondary N) is 1. The van der Waals surface area contributed by atoms with Gasteiger partial charge in [-0.15, -0.1) is 0 Å². The van der Waals surface area contributed by atoms with Crippen LogP contribution in [-0.4, -0.2) is 41.4 Å². The number of hydrogen-bond acceptors (Lipinski definition) is 6. The number of nitrogens with zero attached hydrogens (tertiary/aromatic N) is 4.